The Balaban J connectivity index is 2.86. The summed E-state index contributed by atoms with van der Waals surface area (Å²) in [5.74, 6) is -0.473. The fourth-order valence-corrected chi connectivity index (χ4v) is 1.56. The van der Waals surface area contributed by atoms with E-state index in [2.05, 4.69) is 20.9 Å². The van der Waals surface area contributed by atoms with Gasteiger partial charge in [-0.15, -0.1) is 0 Å². The van der Waals surface area contributed by atoms with Gasteiger partial charge in [-0.3, -0.25) is 19.7 Å². The van der Waals surface area contributed by atoms with Crippen LogP contribution in [0.25, 0.3) is 0 Å². The number of rotatable bonds is 7. The molecule has 0 saturated carbocycles. The Kier molecular flexibility index (Phi) is 6.05. The Bertz CT molecular complexity index is 546. The molecule has 0 aliphatic rings. The van der Waals surface area contributed by atoms with Gasteiger partial charge in [-0.25, -0.2) is 4.98 Å². The molecule has 21 heavy (non-hydrogen) atoms. The first-order valence-corrected chi connectivity index (χ1v) is 6.36. The highest BCUT2D eigenvalue weighted by atomic mass is 16.6. The van der Waals surface area contributed by atoms with Crippen LogP contribution in [-0.2, 0) is 4.79 Å². The van der Waals surface area contributed by atoms with Gasteiger partial charge >= 0.3 is 0 Å². The van der Waals surface area contributed by atoms with E-state index in [1.54, 1.807) is 0 Å². The molecule has 0 unspecified atom stereocenters. The van der Waals surface area contributed by atoms with Gasteiger partial charge < -0.3 is 16.0 Å². The predicted octanol–water partition coefficient (Wildman–Crippen LogP) is 0.288. The van der Waals surface area contributed by atoms with Crippen LogP contribution in [0.15, 0.2) is 12.3 Å². The normalized spacial score (nSPS) is 9.81. The first-order chi connectivity index (χ1) is 9.99. The maximum absolute atomic E-state index is 12.0. The summed E-state index contributed by atoms with van der Waals surface area (Å²) >= 11 is 0. The number of nitro groups is 1. The largest absolute Gasteiger partial charge is 0.370 e. The molecule has 1 aromatic rings. The van der Waals surface area contributed by atoms with Crippen molar-refractivity contribution >= 4 is 23.3 Å². The number of anilines is 1. The van der Waals surface area contributed by atoms with Crippen LogP contribution in [0.4, 0.5) is 11.5 Å². The van der Waals surface area contributed by atoms with Gasteiger partial charge in [0.2, 0.25) is 5.91 Å². The molecule has 2 amide bonds. The highest BCUT2D eigenvalue weighted by Crippen LogP contribution is 2.20. The van der Waals surface area contributed by atoms with Crippen molar-refractivity contribution in [2.45, 2.75) is 13.3 Å². The zero-order chi connectivity index (χ0) is 15.8. The molecule has 9 heteroatoms. The molecule has 0 spiro atoms. The van der Waals surface area contributed by atoms with Crippen LogP contribution >= 0.6 is 0 Å². The summed E-state index contributed by atoms with van der Waals surface area (Å²) < 4.78 is 0. The Hall–Kier alpha value is -2.71. The van der Waals surface area contributed by atoms with Crippen molar-refractivity contribution in [3.8, 4) is 0 Å². The van der Waals surface area contributed by atoms with Gasteiger partial charge in [-0.05, 0) is 6.92 Å². The smallest absolute Gasteiger partial charge is 0.300 e. The predicted molar refractivity (Wildman–Crippen MR) is 76.1 cm³/mol. The average molecular weight is 295 g/mol. The van der Waals surface area contributed by atoms with E-state index in [4.69, 9.17) is 0 Å². The van der Waals surface area contributed by atoms with E-state index in [1.165, 1.54) is 13.1 Å². The van der Waals surface area contributed by atoms with E-state index < -0.39 is 10.8 Å². The van der Waals surface area contributed by atoms with E-state index in [0.717, 1.165) is 6.20 Å². The number of carbonyl (C=O) groups excluding carboxylic acids is 2. The van der Waals surface area contributed by atoms with Crippen LogP contribution in [-0.4, -0.2) is 41.9 Å². The molecule has 1 aromatic heterocycles. The van der Waals surface area contributed by atoms with Crippen LogP contribution in [0, 0.1) is 10.1 Å². The fraction of sp³-hybridized carbons (Fsp3) is 0.417. The molecule has 0 aliphatic heterocycles. The SMILES string of the molecule is CCNc1cc(C(=O)NCCC(=O)NC)c([N+](=O)[O-])cn1. The summed E-state index contributed by atoms with van der Waals surface area (Å²) in [6.45, 7) is 2.50. The van der Waals surface area contributed by atoms with Gasteiger partial charge in [0.25, 0.3) is 11.6 Å². The van der Waals surface area contributed by atoms with Crippen LogP contribution in [0.3, 0.4) is 0 Å². The lowest BCUT2D eigenvalue weighted by molar-refractivity contribution is -0.385. The maximum Gasteiger partial charge on any atom is 0.300 e. The van der Waals surface area contributed by atoms with Gasteiger partial charge in [-0.2, -0.15) is 0 Å². The van der Waals surface area contributed by atoms with Gasteiger partial charge in [0.05, 0.1) is 4.92 Å². The molecule has 0 saturated heterocycles. The minimum absolute atomic E-state index is 0.0918. The van der Waals surface area contributed by atoms with Crippen LogP contribution in [0.2, 0.25) is 0 Å². The molecule has 1 heterocycles. The third-order valence-corrected chi connectivity index (χ3v) is 2.60. The first-order valence-electron chi connectivity index (χ1n) is 6.36. The number of hydrogen-bond donors (Lipinski definition) is 3. The number of hydrogen-bond acceptors (Lipinski definition) is 6. The van der Waals surface area contributed by atoms with Gasteiger partial charge in [0.15, 0.2) is 0 Å². The van der Waals surface area contributed by atoms with E-state index in [0.29, 0.717) is 12.4 Å². The zero-order valence-electron chi connectivity index (χ0n) is 11.8. The van der Waals surface area contributed by atoms with Crippen molar-refractivity contribution in [1.29, 1.82) is 0 Å². The number of nitrogens with zero attached hydrogens (tertiary/aromatic N) is 2. The first kappa shape index (κ1) is 16.3. The van der Waals surface area contributed by atoms with Gasteiger partial charge in [-0.1, -0.05) is 0 Å². The summed E-state index contributed by atoms with van der Waals surface area (Å²) in [6, 6.07) is 1.32. The molecule has 0 fully saturated rings. The minimum Gasteiger partial charge on any atom is -0.370 e. The van der Waals surface area contributed by atoms with Crippen molar-refractivity contribution in [1.82, 2.24) is 15.6 Å². The van der Waals surface area contributed by atoms with Gasteiger partial charge in [0, 0.05) is 32.6 Å². The number of amides is 2. The maximum atomic E-state index is 12.0. The molecule has 0 aliphatic carbocycles. The van der Waals surface area contributed by atoms with E-state index in [-0.39, 0.29) is 30.1 Å². The number of nitrogens with one attached hydrogen (secondary N) is 3. The van der Waals surface area contributed by atoms with Crippen molar-refractivity contribution < 1.29 is 14.5 Å². The summed E-state index contributed by atoms with van der Waals surface area (Å²) in [5, 5.41) is 18.7. The summed E-state index contributed by atoms with van der Waals surface area (Å²) in [4.78, 5) is 37.2. The minimum atomic E-state index is -0.670. The second kappa shape index (κ2) is 7.78. The summed E-state index contributed by atoms with van der Waals surface area (Å²) in [5.41, 5.74) is -0.475. The lowest BCUT2D eigenvalue weighted by Crippen LogP contribution is -2.29. The quantitative estimate of drug-likeness (QED) is 0.490. The average Bonchev–Trinajstić information content (AvgIpc) is 2.46. The standard InChI is InChI=1S/C12H17N5O4/c1-3-14-10-6-8(9(7-16-10)17(20)21)12(19)15-5-4-11(18)13-2/h6-7H,3-5H2,1-2H3,(H,13,18)(H,14,16)(H,15,19). The molecular weight excluding hydrogens is 278 g/mol. The van der Waals surface area contributed by atoms with Crippen LogP contribution in [0.5, 0.6) is 0 Å². The van der Waals surface area contributed by atoms with Crippen LogP contribution in [0.1, 0.15) is 23.7 Å². The molecule has 0 bridgehead atoms. The van der Waals surface area contributed by atoms with Crippen molar-refractivity contribution in [3.05, 3.63) is 27.9 Å². The number of pyridine rings is 1. The number of carbonyl (C=O) groups is 2. The second-order valence-corrected chi connectivity index (χ2v) is 4.05. The monoisotopic (exact) mass is 295 g/mol. The lowest BCUT2D eigenvalue weighted by atomic mass is 10.2. The number of aromatic nitrogens is 1. The highest BCUT2D eigenvalue weighted by Gasteiger charge is 2.21. The molecule has 3 N–H and O–H groups in total. The molecule has 0 atom stereocenters. The molecule has 0 aromatic carbocycles. The molecule has 114 valence electrons. The van der Waals surface area contributed by atoms with Crippen molar-refractivity contribution in [3.63, 3.8) is 0 Å². The Morgan fingerprint density at radius 2 is 2.14 bits per heavy atom. The molecule has 9 nitrogen and oxygen atoms in total. The van der Waals surface area contributed by atoms with Gasteiger partial charge in [0.1, 0.15) is 17.6 Å². The third kappa shape index (κ3) is 4.71. The zero-order valence-corrected chi connectivity index (χ0v) is 11.8. The van der Waals surface area contributed by atoms with Crippen molar-refractivity contribution in [2.24, 2.45) is 0 Å². The third-order valence-electron chi connectivity index (χ3n) is 2.60. The van der Waals surface area contributed by atoms with Crippen molar-refractivity contribution in [2.75, 3.05) is 25.5 Å². The van der Waals surface area contributed by atoms with E-state index >= 15 is 0 Å². The molecular formula is C12H17N5O4. The summed E-state index contributed by atoms with van der Waals surface area (Å²) in [6.07, 6.45) is 1.13. The Morgan fingerprint density at radius 1 is 1.43 bits per heavy atom. The van der Waals surface area contributed by atoms with Crippen LogP contribution < -0.4 is 16.0 Å². The van der Waals surface area contributed by atoms with E-state index in [9.17, 15) is 19.7 Å². The summed E-state index contributed by atoms with van der Waals surface area (Å²) in [7, 11) is 1.49. The Labute approximate surface area is 121 Å². The fourth-order valence-electron chi connectivity index (χ4n) is 1.56. The lowest BCUT2D eigenvalue weighted by Gasteiger charge is -2.07. The molecule has 1 rings (SSSR count). The van der Waals surface area contributed by atoms with E-state index in [1.807, 2.05) is 6.92 Å². The molecule has 0 radical (unpaired) electrons. The highest BCUT2D eigenvalue weighted by molar-refractivity contribution is 5.98. The second-order valence-electron chi connectivity index (χ2n) is 4.05. The Morgan fingerprint density at radius 3 is 2.71 bits per heavy atom. The topological polar surface area (TPSA) is 126 Å².